The second-order valence-electron chi connectivity index (χ2n) is 6.12. The summed E-state index contributed by atoms with van der Waals surface area (Å²) in [6.07, 6.45) is 7.27. The van der Waals surface area contributed by atoms with Crippen molar-refractivity contribution in [3.8, 4) is 11.6 Å². The van der Waals surface area contributed by atoms with E-state index in [1.165, 1.54) is 42.2 Å². The second-order valence-corrected chi connectivity index (χ2v) is 6.12. The van der Waals surface area contributed by atoms with Gasteiger partial charge < -0.3 is 10.2 Å². The topological polar surface area (TPSA) is 84.5 Å². The van der Waals surface area contributed by atoms with Gasteiger partial charge >= 0.3 is 11.7 Å². The van der Waals surface area contributed by atoms with Crippen LogP contribution in [0.4, 0.5) is 0 Å². The molecule has 2 N–H and O–H groups in total. The Labute approximate surface area is 133 Å². The number of carbonyl (C=O) groups is 1. The van der Waals surface area contributed by atoms with Crippen LogP contribution in [-0.4, -0.2) is 25.3 Å². The number of aromatic carboxylic acids is 1. The Morgan fingerprint density at radius 3 is 2.65 bits per heavy atom. The first-order chi connectivity index (χ1) is 11.1. The first kappa shape index (κ1) is 15.4. The molecule has 6 heteroatoms. The van der Waals surface area contributed by atoms with Crippen LogP contribution >= 0.6 is 0 Å². The van der Waals surface area contributed by atoms with Gasteiger partial charge in [0.2, 0.25) is 5.88 Å². The number of imidazole rings is 1. The molecule has 1 saturated carbocycles. The van der Waals surface area contributed by atoms with E-state index in [4.69, 9.17) is 5.11 Å². The molecule has 122 valence electrons. The van der Waals surface area contributed by atoms with Gasteiger partial charge in [-0.15, -0.1) is 0 Å². The minimum Gasteiger partial charge on any atom is -0.493 e. The number of aromatic nitrogens is 2. The molecule has 0 saturated heterocycles. The number of carboxylic acid groups (broad SMARTS) is 1. The molecular formula is C17H20N2O4. The maximum absolute atomic E-state index is 12.6. The van der Waals surface area contributed by atoms with Gasteiger partial charge in [0, 0.05) is 6.54 Å². The van der Waals surface area contributed by atoms with E-state index in [0.717, 1.165) is 17.4 Å². The lowest BCUT2D eigenvalue weighted by molar-refractivity contribution is 0.0697. The number of rotatable bonds is 4. The Morgan fingerprint density at radius 1 is 1.22 bits per heavy atom. The summed E-state index contributed by atoms with van der Waals surface area (Å²) < 4.78 is 2.67. The summed E-state index contributed by atoms with van der Waals surface area (Å²) in [4.78, 5) is 23.6. The molecule has 0 unspecified atom stereocenters. The predicted octanol–water partition coefficient (Wildman–Crippen LogP) is 2.62. The van der Waals surface area contributed by atoms with E-state index in [0.29, 0.717) is 18.2 Å². The van der Waals surface area contributed by atoms with Crippen LogP contribution < -0.4 is 5.69 Å². The second kappa shape index (κ2) is 6.32. The molecule has 0 bridgehead atoms. The fraction of sp³-hybridized carbons (Fsp3) is 0.412. The SMILES string of the molecule is O=C(O)c1cccc(-n2c(O)cn(CC3CCCCC3)c2=O)c1. The quantitative estimate of drug-likeness (QED) is 0.908. The smallest absolute Gasteiger partial charge is 0.335 e. The molecule has 0 spiro atoms. The molecule has 0 aliphatic heterocycles. The molecule has 1 aromatic heterocycles. The first-order valence-corrected chi connectivity index (χ1v) is 7.91. The Hall–Kier alpha value is -2.50. The molecule has 0 atom stereocenters. The third-order valence-electron chi connectivity index (χ3n) is 4.47. The number of hydrogen-bond donors (Lipinski definition) is 2. The monoisotopic (exact) mass is 316 g/mol. The predicted molar refractivity (Wildman–Crippen MR) is 85.2 cm³/mol. The standard InChI is InChI=1S/C17H20N2O4/c20-15-11-18(10-12-5-2-1-3-6-12)17(23)19(15)14-8-4-7-13(9-14)16(21)22/h4,7-9,11-12,20H,1-3,5-6,10H2,(H,21,22). The largest absolute Gasteiger partial charge is 0.493 e. The van der Waals surface area contributed by atoms with E-state index in [1.54, 1.807) is 12.1 Å². The summed E-state index contributed by atoms with van der Waals surface area (Å²) in [7, 11) is 0. The molecule has 23 heavy (non-hydrogen) atoms. The van der Waals surface area contributed by atoms with E-state index in [-0.39, 0.29) is 17.1 Å². The van der Waals surface area contributed by atoms with E-state index in [2.05, 4.69) is 0 Å². The van der Waals surface area contributed by atoms with Crippen LogP contribution in [0.2, 0.25) is 0 Å². The molecule has 0 radical (unpaired) electrons. The Bertz CT molecular complexity index is 769. The van der Waals surface area contributed by atoms with Crippen molar-refractivity contribution < 1.29 is 15.0 Å². The lowest BCUT2D eigenvalue weighted by Gasteiger charge is -2.21. The lowest BCUT2D eigenvalue weighted by Crippen LogP contribution is -2.26. The Morgan fingerprint density at radius 2 is 1.96 bits per heavy atom. The highest BCUT2D eigenvalue weighted by Crippen LogP contribution is 2.25. The zero-order valence-corrected chi connectivity index (χ0v) is 12.8. The van der Waals surface area contributed by atoms with Crippen LogP contribution in [0, 0.1) is 5.92 Å². The van der Waals surface area contributed by atoms with Crippen LogP contribution in [0.1, 0.15) is 42.5 Å². The van der Waals surface area contributed by atoms with Gasteiger partial charge in [0.05, 0.1) is 17.4 Å². The van der Waals surface area contributed by atoms with Crippen LogP contribution in [0.15, 0.2) is 35.3 Å². The third kappa shape index (κ3) is 3.16. The fourth-order valence-electron chi connectivity index (χ4n) is 3.28. The Kier molecular flexibility index (Phi) is 4.23. The van der Waals surface area contributed by atoms with Gasteiger partial charge in [0.1, 0.15) is 0 Å². The van der Waals surface area contributed by atoms with Crippen LogP contribution in [0.5, 0.6) is 5.88 Å². The van der Waals surface area contributed by atoms with Gasteiger partial charge in [-0.05, 0) is 37.0 Å². The molecule has 1 aromatic carbocycles. The first-order valence-electron chi connectivity index (χ1n) is 7.91. The molecule has 2 aromatic rings. The molecule has 0 amide bonds. The minimum absolute atomic E-state index is 0.0776. The van der Waals surface area contributed by atoms with Crippen molar-refractivity contribution in [1.29, 1.82) is 0 Å². The van der Waals surface area contributed by atoms with Gasteiger partial charge in [-0.1, -0.05) is 25.3 Å². The van der Waals surface area contributed by atoms with Crippen molar-refractivity contribution in [2.24, 2.45) is 5.92 Å². The lowest BCUT2D eigenvalue weighted by atomic mass is 9.89. The summed E-state index contributed by atoms with van der Waals surface area (Å²) in [6, 6.07) is 6.00. The van der Waals surface area contributed by atoms with Crippen LogP contribution in [-0.2, 0) is 6.54 Å². The molecular weight excluding hydrogens is 296 g/mol. The van der Waals surface area contributed by atoms with Gasteiger partial charge in [-0.25, -0.2) is 14.2 Å². The normalized spacial score (nSPS) is 15.7. The molecule has 3 rings (SSSR count). The van der Waals surface area contributed by atoms with E-state index in [9.17, 15) is 14.7 Å². The van der Waals surface area contributed by atoms with E-state index >= 15 is 0 Å². The van der Waals surface area contributed by atoms with Gasteiger partial charge in [0.25, 0.3) is 0 Å². The maximum Gasteiger partial charge on any atom is 0.335 e. The van der Waals surface area contributed by atoms with Gasteiger partial charge in [-0.3, -0.25) is 4.57 Å². The number of aromatic hydroxyl groups is 1. The van der Waals surface area contributed by atoms with Gasteiger partial charge in [0.15, 0.2) is 0 Å². The zero-order valence-electron chi connectivity index (χ0n) is 12.8. The number of hydrogen-bond acceptors (Lipinski definition) is 3. The highest BCUT2D eigenvalue weighted by molar-refractivity contribution is 5.88. The fourth-order valence-corrected chi connectivity index (χ4v) is 3.28. The van der Waals surface area contributed by atoms with Crippen molar-refractivity contribution in [1.82, 2.24) is 9.13 Å². The molecule has 6 nitrogen and oxygen atoms in total. The molecule has 1 aliphatic carbocycles. The number of nitrogens with zero attached hydrogens (tertiary/aromatic N) is 2. The zero-order chi connectivity index (χ0) is 16.4. The van der Waals surface area contributed by atoms with Gasteiger partial charge in [-0.2, -0.15) is 0 Å². The van der Waals surface area contributed by atoms with Crippen molar-refractivity contribution in [3.05, 3.63) is 46.5 Å². The molecule has 1 heterocycles. The summed E-state index contributed by atoms with van der Waals surface area (Å²) >= 11 is 0. The number of carboxylic acids is 1. The van der Waals surface area contributed by atoms with Crippen molar-refractivity contribution in [2.45, 2.75) is 38.6 Å². The highest BCUT2D eigenvalue weighted by Gasteiger charge is 2.18. The average Bonchev–Trinajstić information content (AvgIpc) is 2.82. The van der Waals surface area contributed by atoms with E-state index < -0.39 is 5.97 Å². The molecule has 1 fully saturated rings. The van der Waals surface area contributed by atoms with Crippen molar-refractivity contribution in [3.63, 3.8) is 0 Å². The minimum atomic E-state index is -1.07. The highest BCUT2D eigenvalue weighted by atomic mass is 16.4. The van der Waals surface area contributed by atoms with Crippen LogP contribution in [0.3, 0.4) is 0 Å². The molecule has 1 aliphatic rings. The summed E-state index contributed by atoms with van der Waals surface area (Å²) in [5.74, 6) is -0.781. The van der Waals surface area contributed by atoms with Crippen molar-refractivity contribution >= 4 is 5.97 Å². The van der Waals surface area contributed by atoms with E-state index in [1.807, 2.05) is 0 Å². The average molecular weight is 316 g/mol. The van der Waals surface area contributed by atoms with Crippen molar-refractivity contribution in [2.75, 3.05) is 0 Å². The van der Waals surface area contributed by atoms with Crippen LogP contribution in [0.25, 0.3) is 5.69 Å². The summed E-state index contributed by atoms with van der Waals surface area (Å²) in [5, 5.41) is 19.2. The summed E-state index contributed by atoms with van der Waals surface area (Å²) in [5.41, 5.74) is 0.0965. The maximum atomic E-state index is 12.6. The number of benzene rings is 1. The third-order valence-corrected chi connectivity index (χ3v) is 4.47. The summed E-state index contributed by atoms with van der Waals surface area (Å²) in [6.45, 7) is 0.595. The Balaban J connectivity index is 1.93.